The number of nitrogens with one attached hydrogen (secondary N) is 1. The van der Waals surface area contributed by atoms with Crippen LogP contribution >= 0.6 is 0 Å². The fourth-order valence-corrected chi connectivity index (χ4v) is 2.08. The van der Waals surface area contributed by atoms with Gasteiger partial charge in [0.25, 0.3) is 0 Å². The molecule has 0 radical (unpaired) electrons. The van der Waals surface area contributed by atoms with Gasteiger partial charge in [-0.05, 0) is 43.3 Å². The third kappa shape index (κ3) is 3.41. The zero-order valence-corrected chi connectivity index (χ0v) is 11.0. The molecule has 0 aliphatic heterocycles. The minimum Gasteiger partial charge on any atom is -0.464 e. The van der Waals surface area contributed by atoms with Gasteiger partial charge in [0.15, 0.2) is 0 Å². The molecule has 0 amide bonds. The molecule has 0 saturated carbocycles. The van der Waals surface area contributed by atoms with E-state index in [0.29, 0.717) is 12.0 Å². The van der Waals surface area contributed by atoms with Crippen LogP contribution in [0.2, 0.25) is 0 Å². The first-order valence-corrected chi connectivity index (χ1v) is 6.33. The summed E-state index contributed by atoms with van der Waals surface area (Å²) in [6, 6.07) is 7.29. The fraction of sp³-hybridized carbons (Fsp3) is 0.333. The van der Waals surface area contributed by atoms with Crippen molar-refractivity contribution in [2.24, 2.45) is 0 Å². The van der Waals surface area contributed by atoms with Crippen LogP contribution in [0.4, 0.5) is 8.78 Å². The Morgan fingerprint density at radius 1 is 1.16 bits per heavy atom. The SMILES string of the molecule is CCc1ccc(C(Cc2cc(F)cc(F)c2)NC)o1. The van der Waals surface area contributed by atoms with E-state index >= 15 is 0 Å². The fourth-order valence-electron chi connectivity index (χ4n) is 2.08. The van der Waals surface area contributed by atoms with Crippen LogP contribution in [0.3, 0.4) is 0 Å². The predicted molar refractivity (Wildman–Crippen MR) is 69.9 cm³/mol. The first-order chi connectivity index (χ1) is 9.12. The number of likely N-dealkylation sites (N-methyl/N-ethyl adjacent to an activating group) is 1. The van der Waals surface area contributed by atoms with E-state index < -0.39 is 11.6 Å². The van der Waals surface area contributed by atoms with Crippen molar-refractivity contribution in [2.45, 2.75) is 25.8 Å². The van der Waals surface area contributed by atoms with Crippen molar-refractivity contribution in [1.29, 1.82) is 0 Å². The van der Waals surface area contributed by atoms with E-state index in [4.69, 9.17) is 4.42 Å². The van der Waals surface area contributed by atoms with Crippen LogP contribution in [-0.2, 0) is 12.8 Å². The van der Waals surface area contributed by atoms with Crippen molar-refractivity contribution in [3.63, 3.8) is 0 Å². The average molecular weight is 265 g/mol. The van der Waals surface area contributed by atoms with Gasteiger partial charge in [-0.2, -0.15) is 0 Å². The second kappa shape index (κ2) is 5.97. The van der Waals surface area contributed by atoms with Crippen LogP contribution < -0.4 is 5.32 Å². The molecule has 0 fully saturated rings. The van der Waals surface area contributed by atoms with Crippen molar-refractivity contribution < 1.29 is 13.2 Å². The zero-order chi connectivity index (χ0) is 13.8. The summed E-state index contributed by atoms with van der Waals surface area (Å²) in [6.07, 6.45) is 1.30. The normalized spacial score (nSPS) is 12.6. The molecule has 2 rings (SSSR count). The Kier molecular flexibility index (Phi) is 4.32. The topological polar surface area (TPSA) is 25.2 Å². The van der Waals surface area contributed by atoms with E-state index in [-0.39, 0.29) is 6.04 Å². The van der Waals surface area contributed by atoms with Crippen LogP contribution in [0.1, 0.15) is 30.0 Å². The maximum Gasteiger partial charge on any atom is 0.126 e. The standard InChI is InChI=1S/C15H17F2NO/c1-3-13-4-5-15(19-13)14(18-2)8-10-6-11(16)9-12(17)7-10/h4-7,9,14,18H,3,8H2,1-2H3. The Labute approximate surface area is 111 Å². The first-order valence-electron chi connectivity index (χ1n) is 6.33. The quantitative estimate of drug-likeness (QED) is 0.893. The minimum atomic E-state index is -0.557. The van der Waals surface area contributed by atoms with Gasteiger partial charge in [0.1, 0.15) is 23.2 Å². The maximum absolute atomic E-state index is 13.2. The van der Waals surface area contributed by atoms with Gasteiger partial charge in [-0.1, -0.05) is 6.92 Å². The molecule has 0 bridgehead atoms. The summed E-state index contributed by atoms with van der Waals surface area (Å²) in [5.41, 5.74) is 0.603. The smallest absolute Gasteiger partial charge is 0.126 e. The van der Waals surface area contributed by atoms with Gasteiger partial charge in [-0.15, -0.1) is 0 Å². The van der Waals surface area contributed by atoms with E-state index in [1.807, 2.05) is 19.1 Å². The van der Waals surface area contributed by atoms with E-state index in [1.165, 1.54) is 12.1 Å². The highest BCUT2D eigenvalue weighted by molar-refractivity contribution is 5.21. The lowest BCUT2D eigenvalue weighted by molar-refractivity contribution is 0.406. The van der Waals surface area contributed by atoms with Crippen molar-refractivity contribution >= 4 is 0 Å². The summed E-state index contributed by atoms with van der Waals surface area (Å²) in [7, 11) is 1.80. The number of hydrogen-bond donors (Lipinski definition) is 1. The summed E-state index contributed by atoms with van der Waals surface area (Å²) in [5, 5.41) is 3.10. The molecular formula is C15H17F2NO. The summed E-state index contributed by atoms with van der Waals surface area (Å²) >= 11 is 0. The molecule has 102 valence electrons. The van der Waals surface area contributed by atoms with Crippen LogP contribution in [0.5, 0.6) is 0 Å². The molecule has 0 spiro atoms. The van der Waals surface area contributed by atoms with E-state index in [2.05, 4.69) is 5.32 Å². The summed E-state index contributed by atoms with van der Waals surface area (Å²) in [6.45, 7) is 2.01. The van der Waals surface area contributed by atoms with Crippen LogP contribution in [-0.4, -0.2) is 7.05 Å². The second-order valence-corrected chi connectivity index (χ2v) is 4.48. The molecule has 1 aromatic heterocycles. The summed E-state index contributed by atoms with van der Waals surface area (Å²) in [5.74, 6) is 0.571. The molecular weight excluding hydrogens is 248 g/mol. The molecule has 0 saturated heterocycles. The Balaban J connectivity index is 2.18. The number of rotatable bonds is 5. The van der Waals surface area contributed by atoms with Crippen LogP contribution in [0, 0.1) is 11.6 Å². The monoisotopic (exact) mass is 265 g/mol. The van der Waals surface area contributed by atoms with Gasteiger partial charge < -0.3 is 9.73 Å². The average Bonchev–Trinajstić information content (AvgIpc) is 2.83. The second-order valence-electron chi connectivity index (χ2n) is 4.48. The summed E-state index contributed by atoms with van der Waals surface area (Å²) < 4.78 is 32.0. The van der Waals surface area contributed by atoms with Crippen LogP contribution in [0.15, 0.2) is 34.7 Å². The summed E-state index contributed by atoms with van der Waals surface area (Å²) in [4.78, 5) is 0. The molecule has 4 heteroatoms. The van der Waals surface area contributed by atoms with E-state index in [0.717, 1.165) is 24.0 Å². The van der Waals surface area contributed by atoms with Gasteiger partial charge in [-0.25, -0.2) is 8.78 Å². The van der Waals surface area contributed by atoms with Crippen molar-refractivity contribution in [3.8, 4) is 0 Å². The van der Waals surface area contributed by atoms with Crippen molar-refractivity contribution in [3.05, 3.63) is 59.1 Å². The molecule has 1 atom stereocenters. The number of furan rings is 1. The van der Waals surface area contributed by atoms with Gasteiger partial charge in [0, 0.05) is 12.5 Å². The lowest BCUT2D eigenvalue weighted by Crippen LogP contribution is -2.18. The maximum atomic E-state index is 13.2. The van der Waals surface area contributed by atoms with Crippen molar-refractivity contribution in [1.82, 2.24) is 5.32 Å². The van der Waals surface area contributed by atoms with Gasteiger partial charge in [-0.3, -0.25) is 0 Å². The molecule has 2 aromatic rings. The number of aryl methyl sites for hydroxylation is 1. The molecule has 1 N–H and O–H groups in total. The largest absolute Gasteiger partial charge is 0.464 e. The number of halogens is 2. The Hall–Kier alpha value is -1.68. The molecule has 19 heavy (non-hydrogen) atoms. The lowest BCUT2D eigenvalue weighted by atomic mass is 10.0. The predicted octanol–water partition coefficient (Wildman–Crippen LogP) is 3.62. The highest BCUT2D eigenvalue weighted by atomic mass is 19.1. The van der Waals surface area contributed by atoms with E-state index in [9.17, 15) is 8.78 Å². The molecule has 1 heterocycles. The van der Waals surface area contributed by atoms with Gasteiger partial charge in [0.2, 0.25) is 0 Å². The molecule has 1 aromatic carbocycles. The van der Waals surface area contributed by atoms with Gasteiger partial charge >= 0.3 is 0 Å². The molecule has 1 unspecified atom stereocenters. The third-order valence-corrected chi connectivity index (χ3v) is 3.08. The van der Waals surface area contributed by atoms with Gasteiger partial charge in [0.05, 0.1) is 6.04 Å². The minimum absolute atomic E-state index is 0.0958. The Morgan fingerprint density at radius 3 is 2.37 bits per heavy atom. The van der Waals surface area contributed by atoms with E-state index in [1.54, 1.807) is 7.05 Å². The third-order valence-electron chi connectivity index (χ3n) is 3.08. The molecule has 0 aliphatic carbocycles. The first kappa shape index (κ1) is 13.7. The Morgan fingerprint density at radius 2 is 1.84 bits per heavy atom. The molecule has 0 aliphatic rings. The van der Waals surface area contributed by atoms with Crippen molar-refractivity contribution in [2.75, 3.05) is 7.05 Å². The number of hydrogen-bond acceptors (Lipinski definition) is 2. The number of benzene rings is 1. The highest BCUT2D eigenvalue weighted by Gasteiger charge is 2.15. The highest BCUT2D eigenvalue weighted by Crippen LogP contribution is 2.22. The van der Waals surface area contributed by atoms with Crippen LogP contribution in [0.25, 0.3) is 0 Å². The molecule has 2 nitrogen and oxygen atoms in total. The Bertz CT molecular complexity index is 531. The lowest BCUT2D eigenvalue weighted by Gasteiger charge is -2.14. The zero-order valence-electron chi connectivity index (χ0n) is 11.0.